The highest BCUT2D eigenvalue weighted by molar-refractivity contribution is 7.17. The lowest BCUT2D eigenvalue weighted by Gasteiger charge is -2.10. The normalized spacial score (nSPS) is 10.9. The summed E-state index contributed by atoms with van der Waals surface area (Å²) in [7, 11) is 0. The van der Waals surface area contributed by atoms with Gasteiger partial charge in [0.25, 0.3) is 0 Å². The number of rotatable bonds is 5. The van der Waals surface area contributed by atoms with E-state index in [2.05, 4.69) is 32.8 Å². The molecule has 0 aliphatic carbocycles. The second kappa shape index (κ2) is 7.25. The van der Waals surface area contributed by atoms with Crippen molar-refractivity contribution in [3.05, 3.63) is 59.7 Å². The highest BCUT2D eigenvalue weighted by atomic mass is 32.1. The van der Waals surface area contributed by atoms with Crippen LogP contribution in [0.2, 0.25) is 0 Å². The number of aromatic nitrogens is 2. The van der Waals surface area contributed by atoms with Gasteiger partial charge >= 0.3 is 0 Å². The lowest BCUT2D eigenvalue weighted by Crippen LogP contribution is -1.98. The predicted octanol–water partition coefficient (Wildman–Crippen LogP) is 5.39. The van der Waals surface area contributed by atoms with Gasteiger partial charge in [0.15, 0.2) is 0 Å². The van der Waals surface area contributed by atoms with Crippen molar-refractivity contribution in [2.24, 2.45) is 0 Å². The number of nitrogens with two attached hydrogens (primary N) is 1. The highest BCUT2D eigenvalue weighted by Crippen LogP contribution is 2.38. The Bertz CT molecular complexity index is 1070. The number of aryl methyl sites for hydroxylation is 1. The largest absolute Gasteiger partial charge is 0.494 e. The molecule has 6 heteroatoms. The highest BCUT2D eigenvalue weighted by Gasteiger charge is 2.15. The van der Waals surface area contributed by atoms with E-state index in [1.165, 1.54) is 0 Å². The molecule has 3 N–H and O–H groups in total. The van der Waals surface area contributed by atoms with E-state index >= 15 is 0 Å². The summed E-state index contributed by atoms with van der Waals surface area (Å²) in [5.41, 5.74) is 9.68. The van der Waals surface area contributed by atoms with Crippen LogP contribution in [-0.4, -0.2) is 16.6 Å². The Balaban J connectivity index is 1.79. The quantitative estimate of drug-likeness (QED) is 0.457. The van der Waals surface area contributed by atoms with Crippen LogP contribution in [0.1, 0.15) is 12.7 Å². The maximum Gasteiger partial charge on any atom is 0.143 e. The standard InChI is InChI=1S/C21H20N4OS/c1-3-26-17-10-4-14(5-11-17)18-12-27-21-19(18)20(23-13(2)24-21)25-16-8-6-15(22)7-9-16/h4-12H,3,22H2,1-2H3,(H,23,24,25). The van der Waals surface area contributed by atoms with E-state index in [4.69, 9.17) is 10.5 Å². The van der Waals surface area contributed by atoms with Crippen LogP contribution in [0.4, 0.5) is 17.2 Å². The Morgan fingerprint density at radius 2 is 1.78 bits per heavy atom. The van der Waals surface area contributed by atoms with Crippen LogP contribution < -0.4 is 15.8 Å². The van der Waals surface area contributed by atoms with Crippen LogP contribution in [0, 0.1) is 6.92 Å². The molecule has 27 heavy (non-hydrogen) atoms. The molecule has 0 aliphatic heterocycles. The summed E-state index contributed by atoms with van der Waals surface area (Å²) in [5, 5.41) is 6.57. The van der Waals surface area contributed by atoms with E-state index in [9.17, 15) is 0 Å². The van der Waals surface area contributed by atoms with Crippen LogP contribution in [0.3, 0.4) is 0 Å². The first kappa shape index (κ1) is 17.3. The molecule has 136 valence electrons. The zero-order valence-corrected chi connectivity index (χ0v) is 16.0. The maximum absolute atomic E-state index is 5.79. The van der Waals surface area contributed by atoms with Gasteiger partial charge in [-0.1, -0.05) is 12.1 Å². The molecule has 0 atom stereocenters. The van der Waals surface area contributed by atoms with Crippen molar-refractivity contribution in [2.45, 2.75) is 13.8 Å². The van der Waals surface area contributed by atoms with Crippen molar-refractivity contribution in [1.29, 1.82) is 0 Å². The summed E-state index contributed by atoms with van der Waals surface area (Å²) in [4.78, 5) is 10.2. The average molecular weight is 376 g/mol. The second-order valence-electron chi connectivity index (χ2n) is 6.15. The molecule has 0 bridgehead atoms. The van der Waals surface area contributed by atoms with E-state index in [-0.39, 0.29) is 0 Å². The van der Waals surface area contributed by atoms with Crippen molar-refractivity contribution in [3.63, 3.8) is 0 Å². The molecule has 2 aromatic heterocycles. The molecule has 0 amide bonds. The second-order valence-corrected chi connectivity index (χ2v) is 7.01. The van der Waals surface area contributed by atoms with Gasteiger partial charge in [0.05, 0.1) is 12.0 Å². The molecule has 4 aromatic rings. The predicted molar refractivity (Wildman–Crippen MR) is 113 cm³/mol. The van der Waals surface area contributed by atoms with Crippen LogP contribution in [-0.2, 0) is 0 Å². The summed E-state index contributed by atoms with van der Waals surface area (Å²) in [6.07, 6.45) is 0. The van der Waals surface area contributed by atoms with Gasteiger partial charge in [-0.15, -0.1) is 11.3 Å². The molecule has 0 saturated carbocycles. The molecule has 0 saturated heterocycles. The van der Waals surface area contributed by atoms with Crippen molar-refractivity contribution in [3.8, 4) is 16.9 Å². The minimum Gasteiger partial charge on any atom is -0.494 e. The monoisotopic (exact) mass is 376 g/mol. The Kier molecular flexibility index (Phi) is 4.64. The first-order valence-electron chi connectivity index (χ1n) is 8.75. The van der Waals surface area contributed by atoms with Crippen molar-refractivity contribution in [1.82, 2.24) is 9.97 Å². The van der Waals surface area contributed by atoms with Crippen LogP contribution >= 0.6 is 11.3 Å². The molecule has 0 spiro atoms. The molecule has 0 fully saturated rings. The van der Waals surface area contributed by atoms with E-state index in [0.29, 0.717) is 6.61 Å². The molecule has 0 aliphatic rings. The van der Waals surface area contributed by atoms with E-state index in [0.717, 1.165) is 50.1 Å². The van der Waals surface area contributed by atoms with Gasteiger partial charge in [-0.3, -0.25) is 0 Å². The van der Waals surface area contributed by atoms with Gasteiger partial charge in [0, 0.05) is 22.3 Å². The molecule has 2 aromatic carbocycles. The average Bonchev–Trinajstić information content (AvgIpc) is 3.08. The fourth-order valence-corrected chi connectivity index (χ4v) is 3.94. The summed E-state index contributed by atoms with van der Waals surface area (Å²) in [5.74, 6) is 2.40. The lowest BCUT2D eigenvalue weighted by atomic mass is 10.1. The van der Waals surface area contributed by atoms with Crippen LogP contribution in [0.25, 0.3) is 21.3 Å². The topological polar surface area (TPSA) is 73.1 Å². The van der Waals surface area contributed by atoms with E-state index in [1.807, 2.05) is 50.2 Å². The van der Waals surface area contributed by atoms with Crippen molar-refractivity contribution < 1.29 is 4.74 Å². The number of nitrogens with zero attached hydrogens (tertiary/aromatic N) is 2. The van der Waals surface area contributed by atoms with Gasteiger partial charge in [-0.05, 0) is 55.8 Å². The van der Waals surface area contributed by atoms with E-state index < -0.39 is 0 Å². The number of ether oxygens (including phenoxy) is 1. The summed E-state index contributed by atoms with van der Waals surface area (Å²) in [6, 6.07) is 15.7. The number of hydrogen-bond donors (Lipinski definition) is 2. The lowest BCUT2D eigenvalue weighted by molar-refractivity contribution is 0.340. The number of anilines is 3. The van der Waals surface area contributed by atoms with E-state index in [1.54, 1.807) is 11.3 Å². The summed E-state index contributed by atoms with van der Waals surface area (Å²) in [6.45, 7) is 4.54. The number of benzene rings is 2. The van der Waals surface area contributed by atoms with Gasteiger partial charge in [0.1, 0.15) is 22.2 Å². The minimum atomic E-state index is 0.656. The van der Waals surface area contributed by atoms with Crippen molar-refractivity contribution >= 4 is 38.7 Å². The zero-order chi connectivity index (χ0) is 18.8. The molecule has 5 nitrogen and oxygen atoms in total. The molecule has 2 heterocycles. The third-order valence-electron chi connectivity index (χ3n) is 4.20. The smallest absolute Gasteiger partial charge is 0.143 e. The summed E-state index contributed by atoms with van der Waals surface area (Å²) < 4.78 is 5.55. The number of hydrogen-bond acceptors (Lipinski definition) is 6. The SMILES string of the molecule is CCOc1ccc(-c2csc3nc(C)nc(Nc4ccc(N)cc4)c23)cc1. The number of nitrogens with one attached hydrogen (secondary N) is 1. The minimum absolute atomic E-state index is 0.656. The third-order valence-corrected chi connectivity index (χ3v) is 5.07. The molecule has 0 radical (unpaired) electrons. The molecule has 4 rings (SSSR count). The van der Waals surface area contributed by atoms with Gasteiger partial charge in [0.2, 0.25) is 0 Å². The zero-order valence-electron chi connectivity index (χ0n) is 15.2. The first-order valence-corrected chi connectivity index (χ1v) is 9.63. The number of fused-ring (bicyclic) bond motifs is 1. The number of nitrogen functional groups attached to an aromatic ring is 1. The maximum atomic E-state index is 5.79. The fraction of sp³-hybridized carbons (Fsp3) is 0.143. The van der Waals surface area contributed by atoms with Gasteiger partial charge in [-0.25, -0.2) is 9.97 Å². The Morgan fingerprint density at radius 1 is 1.04 bits per heavy atom. The molecular weight excluding hydrogens is 356 g/mol. The fourth-order valence-electron chi connectivity index (χ4n) is 2.95. The van der Waals surface area contributed by atoms with Crippen LogP contribution in [0.5, 0.6) is 5.75 Å². The summed E-state index contributed by atoms with van der Waals surface area (Å²) >= 11 is 1.62. The first-order chi connectivity index (χ1) is 13.1. The number of thiophene rings is 1. The third kappa shape index (κ3) is 3.57. The molecular formula is C21H20N4OS. The Labute approximate surface area is 161 Å². The van der Waals surface area contributed by atoms with Gasteiger partial charge in [-0.2, -0.15) is 0 Å². The van der Waals surface area contributed by atoms with Gasteiger partial charge < -0.3 is 15.8 Å². The Hall–Kier alpha value is -3.12. The Morgan fingerprint density at radius 3 is 2.48 bits per heavy atom. The molecule has 0 unspecified atom stereocenters. The van der Waals surface area contributed by atoms with Crippen LogP contribution in [0.15, 0.2) is 53.9 Å². The van der Waals surface area contributed by atoms with Crippen molar-refractivity contribution in [2.75, 3.05) is 17.7 Å².